The highest BCUT2D eigenvalue weighted by atomic mass is 19.1. The topological polar surface area (TPSA) is 150 Å². The van der Waals surface area contributed by atoms with E-state index in [0.717, 1.165) is 21.5 Å². The van der Waals surface area contributed by atoms with Crippen molar-refractivity contribution in [3.05, 3.63) is 141 Å². The third-order valence-electron chi connectivity index (χ3n) is 11.0. The van der Waals surface area contributed by atoms with Gasteiger partial charge in [0.15, 0.2) is 11.6 Å². The smallest absolute Gasteiger partial charge is 0.271 e. The van der Waals surface area contributed by atoms with Gasteiger partial charge >= 0.3 is 0 Å². The Balaban J connectivity index is 1.31. The van der Waals surface area contributed by atoms with Crippen LogP contribution in [0.2, 0.25) is 0 Å². The molecule has 4 aromatic rings. The van der Waals surface area contributed by atoms with Crippen molar-refractivity contribution in [2.75, 3.05) is 10.3 Å². The molecular weight excluding hydrogens is 655 g/mol. The molecule has 2 N–H and O–H groups in total. The highest BCUT2D eigenvalue weighted by Crippen LogP contribution is 2.64. The van der Waals surface area contributed by atoms with Crippen molar-refractivity contribution in [1.82, 2.24) is 5.01 Å². The highest BCUT2D eigenvalue weighted by molar-refractivity contribution is 6.22. The molecule has 12 heteroatoms. The molecule has 2 aliphatic carbocycles. The Kier molecular flexibility index (Phi) is 7.37. The normalized spacial score (nSPS) is 26.8. The Bertz CT molecular complexity index is 2190. The number of carbonyl (C=O) groups excluding carboxylic acids is 4. The molecule has 2 aliphatic heterocycles. The Labute approximate surface area is 291 Å². The van der Waals surface area contributed by atoms with E-state index in [9.17, 15) is 29.6 Å². The minimum absolute atomic E-state index is 0.0252. The van der Waals surface area contributed by atoms with Crippen molar-refractivity contribution in [2.45, 2.75) is 31.1 Å². The van der Waals surface area contributed by atoms with Crippen LogP contribution in [0.5, 0.6) is 5.75 Å². The van der Waals surface area contributed by atoms with Gasteiger partial charge in [0.1, 0.15) is 0 Å². The van der Waals surface area contributed by atoms with Crippen LogP contribution >= 0.6 is 0 Å². The second kappa shape index (κ2) is 11.7. The van der Waals surface area contributed by atoms with Gasteiger partial charge in [-0.3, -0.25) is 34.7 Å². The van der Waals surface area contributed by atoms with Gasteiger partial charge in [-0.15, -0.1) is 0 Å². The molecule has 8 rings (SSSR count). The number of hydrogen-bond acceptors (Lipinski definition) is 8. The van der Waals surface area contributed by atoms with Gasteiger partial charge in [0.05, 0.1) is 39.5 Å². The maximum Gasteiger partial charge on any atom is 0.271 e. The van der Waals surface area contributed by atoms with Crippen molar-refractivity contribution in [3.8, 4) is 5.75 Å². The molecule has 0 radical (unpaired) electrons. The van der Waals surface area contributed by atoms with Crippen LogP contribution in [-0.2, 0) is 24.6 Å². The van der Waals surface area contributed by atoms with E-state index in [1.807, 2.05) is 25.1 Å². The number of hydrazine groups is 1. The van der Waals surface area contributed by atoms with Crippen molar-refractivity contribution in [1.29, 1.82) is 0 Å². The minimum Gasteiger partial charge on any atom is -0.505 e. The number of benzene rings is 4. The van der Waals surface area contributed by atoms with Gasteiger partial charge in [0.2, 0.25) is 11.8 Å². The van der Waals surface area contributed by atoms with E-state index in [0.29, 0.717) is 22.4 Å². The number of nitrogens with zero attached hydrogens (tertiary/aromatic N) is 3. The van der Waals surface area contributed by atoms with Crippen LogP contribution in [0.1, 0.15) is 35.4 Å². The Morgan fingerprint density at radius 2 is 1.63 bits per heavy atom. The zero-order valence-corrected chi connectivity index (χ0v) is 27.2. The Hall–Kier alpha value is -6.17. The van der Waals surface area contributed by atoms with Gasteiger partial charge in [-0.25, -0.2) is 9.29 Å². The maximum atomic E-state index is 15.3. The van der Waals surface area contributed by atoms with Crippen LogP contribution in [-0.4, -0.2) is 38.7 Å². The Morgan fingerprint density at radius 1 is 0.882 bits per heavy atom. The number of imide groups is 2. The number of phenolic OH excluding ortho intramolecular Hbond substituents is 1. The third-order valence-corrected chi connectivity index (χ3v) is 11.0. The van der Waals surface area contributed by atoms with Gasteiger partial charge in [0, 0.05) is 18.1 Å². The lowest BCUT2D eigenvalue weighted by Crippen LogP contribution is -2.53. The average molecular weight is 687 g/mol. The van der Waals surface area contributed by atoms with Crippen molar-refractivity contribution < 1.29 is 33.6 Å². The van der Waals surface area contributed by atoms with E-state index >= 15 is 9.18 Å². The van der Waals surface area contributed by atoms with E-state index < -0.39 is 75.1 Å². The molecule has 4 aliphatic rings. The summed E-state index contributed by atoms with van der Waals surface area (Å²) in [6.07, 6.45) is 1.97. The number of allylic oxidation sites excluding steroid dienone is 2. The molecule has 0 spiro atoms. The molecule has 51 heavy (non-hydrogen) atoms. The van der Waals surface area contributed by atoms with E-state index in [1.54, 1.807) is 42.5 Å². The quantitative estimate of drug-likeness (QED) is 0.110. The molecule has 11 nitrogen and oxygen atoms in total. The number of rotatable bonds is 6. The molecule has 0 bridgehead atoms. The number of anilines is 2. The summed E-state index contributed by atoms with van der Waals surface area (Å²) < 4.78 is 15.3. The predicted octanol–water partition coefficient (Wildman–Crippen LogP) is 5.94. The number of phenols is 1. The second-order valence-corrected chi connectivity index (χ2v) is 13.6. The van der Waals surface area contributed by atoms with Crippen LogP contribution in [0.25, 0.3) is 0 Å². The predicted molar refractivity (Wildman–Crippen MR) is 182 cm³/mol. The fourth-order valence-electron chi connectivity index (χ4n) is 8.83. The van der Waals surface area contributed by atoms with Crippen molar-refractivity contribution in [3.63, 3.8) is 0 Å². The molecule has 6 atom stereocenters. The number of non-ortho nitro benzene ring substituents is 1. The molecule has 256 valence electrons. The van der Waals surface area contributed by atoms with Crippen molar-refractivity contribution >= 4 is 40.7 Å². The van der Waals surface area contributed by atoms with Gasteiger partial charge in [0.25, 0.3) is 17.5 Å². The molecule has 3 fully saturated rings. The Morgan fingerprint density at radius 3 is 2.33 bits per heavy atom. The van der Waals surface area contributed by atoms with Crippen LogP contribution in [0.4, 0.5) is 21.5 Å². The number of nitrogens with one attached hydrogen (secondary N) is 1. The zero-order valence-electron chi connectivity index (χ0n) is 27.2. The molecule has 2 saturated heterocycles. The van der Waals surface area contributed by atoms with E-state index in [2.05, 4.69) is 5.43 Å². The SMILES string of the molecule is Cc1ccc(NN2C(=O)[C@@H]3C[C@@H]4C(=CC[C@@H]5C(=O)N(c6cccc([N+](=O)[O-])c6)C(=O)[C@@H]54)[C@H](c4ccc(O)c(F)c4)[C@]3(c3ccccc3)C2=O)cc1. The lowest BCUT2D eigenvalue weighted by atomic mass is 9.49. The van der Waals surface area contributed by atoms with Gasteiger partial charge in [-0.1, -0.05) is 71.8 Å². The molecule has 4 aromatic carbocycles. The lowest BCUT2D eigenvalue weighted by molar-refractivity contribution is -0.384. The summed E-state index contributed by atoms with van der Waals surface area (Å²) in [6, 6.07) is 25.2. The highest BCUT2D eigenvalue weighted by Gasteiger charge is 2.70. The standard InChI is InChI=1S/C39H31FN4O7/c1-21-10-13-24(14-11-21)41-43-36(47)30-20-29-27(15-16-28-33(29)37(48)42(35(28)46)25-8-5-9-26(19-25)44(50)51)34(22-12-17-32(45)31(40)18-22)39(30,38(43)49)23-6-3-2-4-7-23/h2-15,17-19,28-30,33-34,41,45H,16,20H2,1H3/t28-,29+,30-,33-,34-,39+/m0/s1. The first-order valence-corrected chi connectivity index (χ1v) is 16.6. The van der Waals surface area contributed by atoms with Gasteiger partial charge in [-0.05, 0) is 67.1 Å². The van der Waals surface area contributed by atoms with Gasteiger partial charge < -0.3 is 5.11 Å². The van der Waals surface area contributed by atoms with Crippen LogP contribution in [0.3, 0.4) is 0 Å². The average Bonchev–Trinajstić information content (AvgIpc) is 3.51. The summed E-state index contributed by atoms with van der Waals surface area (Å²) >= 11 is 0. The van der Waals surface area contributed by atoms with Gasteiger partial charge in [-0.2, -0.15) is 5.01 Å². The van der Waals surface area contributed by atoms with Crippen LogP contribution in [0.15, 0.2) is 109 Å². The first-order valence-electron chi connectivity index (χ1n) is 16.6. The second-order valence-electron chi connectivity index (χ2n) is 13.6. The number of amides is 4. The summed E-state index contributed by atoms with van der Waals surface area (Å²) in [6.45, 7) is 1.91. The first-order chi connectivity index (χ1) is 24.5. The van der Waals surface area contributed by atoms with Crippen molar-refractivity contribution in [2.24, 2.45) is 23.7 Å². The number of nitro groups is 1. The van der Waals surface area contributed by atoms with E-state index in [1.165, 1.54) is 36.4 Å². The molecule has 4 amide bonds. The number of nitro benzene ring substituents is 1. The number of halogens is 1. The zero-order chi connectivity index (χ0) is 35.8. The number of hydrogen-bond donors (Lipinski definition) is 2. The lowest BCUT2D eigenvalue weighted by Gasteiger charge is -2.50. The number of aryl methyl sites for hydroxylation is 1. The number of carbonyl (C=O) groups is 4. The number of fused-ring (bicyclic) bond motifs is 4. The maximum absolute atomic E-state index is 15.3. The fraction of sp³-hybridized carbons (Fsp3) is 0.231. The summed E-state index contributed by atoms with van der Waals surface area (Å²) in [4.78, 5) is 70.0. The summed E-state index contributed by atoms with van der Waals surface area (Å²) in [5, 5.41) is 22.7. The molecule has 1 saturated carbocycles. The molecule has 0 aromatic heterocycles. The molecule has 0 unspecified atom stereocenters. The third kappa shape index (κ3) is 4.69. The van der Waals surface area contributed by atoms with Crippen LogP contribution < -0.4 is 10.3 Å². The summed E-state index contributed by atoms with van der Waals surface area (Å²) in [5.74, 6) is -8.19. The minimum atomic E-state index is -1.60. The fourth-order valence-corrected chi connectivity index (χ4v) is 8.83. The van der Waals surface area contributed by atoms with E-state index in [4.69, 9.17) is 0 Å². The largest absolute Gasteiger partial charge is 0.505 e. The molecular formula is C39H31FN4O7. The van der Waals surface area contributed by atoms with E-state index in [-0.39, 0.29) is 24.2 Å². The summed E-state index contributed by atoms with van der Waals surface area (Å²) in [5.41, 5.74) is 4.14. The van der Waals surface area contributed by atoms with Crippen LogP contribution in [0, 0.1) is 46.5 Å². The number of aromatic hydroxyl groups is 1. The molecule has 2 heterocycles. The summed E-state index contributed by atoms with van der Waals surface area (Å²) in [7, 11) is 0. The first kappa shape index (κ1) is 32.1. The monoisotopic (exact) mass is 686 g/mol.